The third-order valence-corrected chi connectivity index (χ3v) is 10.2. The first kappa shape index (κ1) is 27.6. The lowest BCUT2D eigenvalue weighted by atomic mass is 9.76. The molecule has 2 unspecified atom stereocenters. The van der Waals surface area contributed by atoms with E-state index in [9.17, 15) is 9.90 Å². The topological polar surface area (TPSA) is 93.8 Å². The summed E-state index contributed by atoms with van der Waals surface area (Å²) in [5.41, 5.74) is 5.74. The Morgan fingerprint density at radius 3 is 2.52 bits per heavy atom. The molecule has 9 heteroatoms. The van der Waals surface area contributed by atoms with Gasteiger partial charge >= 0.3 is 0 Å². The first-order chi connectivity index (χ1) is 20.0. The molecule has 4 N–H and O–H groups in total. The van der Waals surface area contributed by atoms with Crippen molar-refractivity contribution in [1.82, 2.24) is 5.32 Å². The van der Waals surface area contributed by atoms with Gasteiger partial charge in [-0.1, -0.05) is 48.9 Å². The number of benzene rings is 3. The van der Waals surface area contributed by atoms with E-state index in [1.165, 1.54) is 12.1 Å². The number of aliphatic hydroxyl groups is 1. The number of amides is 1. The van der Waals surface area contributed by atoms with Crippen LogP contribution in [0.4, 0.5) is 8.78 Å². The molecule has 42 heavy (non-hydrogen) atoms. The number of carbonyl (C=O) groups excluding carboxylic acids is 1. The highest BCUT2D eigenvalue weighted by atomic mass is 35.5. The summed E-state index contributed by atoms with van der Waals surface area (Å²) in [6, 6.07) is 12.5. The van der Waals surface area contributed by atoms with Gasteiger partial charge in [-0.2, -0.15) is 0 Å². The molecule has 2 aliphatic carbocycles. The minimum atomic E-state index is -0.986. The quantitative estimate of drug-likeness (QED) is 0.311. The number of nitrogens with one attached hydrogen (secondary N) is 1. The van der Waals surface area contributed by atoms with Crippen molar-refractivity contribution in [1.29, 1.82) is 0 Å². The van der Waals surface area contributed by atoms with Crippen molar-refractivity contribution in [3.8, 4) is 22.6 Å². The van der Waals surface area contributed by atoms with Gasteiger partial charge in [-0.3, -0.25) is 4.79 Å². The summed E-state index contributed by atoms with van der Waals surface area (Å²) in [5.74, 6) is -2.29. The molecule has 7 rings (SSSR count). The van der Waals surface area contributed by atoms with Crippen molar-refractivity contribution in [3.63, 3.8) is 0 Å². The smallest absolute Gasteiger partial charge is 0.249 e. The molecule has 2 aliphatic heterocycles. The van der Waals surface area contributed by atoms with Crippen LogP contribution in [0, 0.1) is 11.6 Å². The Hall–Kier alpha value is -3.20. The Bertz CT molecular complexity index is 1600. The first-order valence-electron chi connectivity index (χ1n) is 14.6. The maximum Gasteiger partial charge on any atom is 0.249 e. The van der Waals surface area contributed by atoms with Gasteiger partial charge in [-0.25, -0.2) is 8.78 Å². The monoisotopic (exact) mass is 594 g/mol. The molecule has 4 atom stereocenters. The van der Waals surface area contributed by atoms with Crippen molar-refractivity contribution in [2.45, 2.75) is 81.1 Å². The Kier molecular flexibility index (Phi) is 6.35. The van der Waals surface area contributed by atoms with E-state index in [4.69, 9.17) is 26.8 Å². The van der Waals surface area contributed by atoms with Crippen molar-refractivity contribution in [3.05, 3.63) is 81.4 Å². The molecule has 0 radical (unpaired) electrons. The van der Waals surface area contributed by atoms with Gasteiger partial charge < -0.3 is 25.6 Å². The third-order valence-electron chi connectivity index (χ3n) is 9.79. The number of rotatable bonds is 6. The molecule has 4 aliphatic rings. The molecule has 220 valence electrons. The predicted octanol–water partition coefficient (Wildman–Crippen LogP) is 6.31. The fourth-order valence-corrected chi connectivity index (χ4v) is 7.50. The van der Waals surface area contributed by atoms with Gasteiger partial charge in [-0.05, 0) is 50.7 Å². The summed E-state index contributed by atoms with van der Waals surface area (Å²) in [4.78, 5) is 12.7. The lowest BCUT2D eigenvalue weighted by Crippen LogP contribution is -2.49. The van der Waals surface area contributed by atoms with Crippen LogP contribution in [0.5, 0.6) is 11.5 Å². The van der Waals surface area contributed by atoms with Crippen LogP contribution in [0.25, 0.3) is 11.1 Å². The van der Waals surface area contributed by atoms with Crippen molar-refractivity contribution in [2.24, 2.45) is 5.73 Å². The molecule has 0 saturated heterocycles. The molecular weight excluding hydrogens is 562 g/mol. The molecule has 0 spiro atoms. The van der Waals surface area contributed by atoms with Gasteiger partial charge in [0, 0.05) is 52.7 Å². The Morgan fingerprint density at radius 1 is 1.12 bits per heavy atom. The molecule has 1 amide bonds. The number of hydrogen-bond donors (Lipinski definition) is 3. The number of halogens is 3. The number of carbonyl (C=O) groups is 1. The van der Waals surface area contributed by atoms with Crippen LogP contribution in [0.15, 0.2) is 42.5 Å². The summed E-state index contributed by atoms with van der Waals surface area (Å²) < 4.78 is 44.6. The Morgan fingerprint density at radius 2 is 1.83 bits per heavy atom. The number of nitrogens with two attached hydrogens (primary N) is 1. The molecular formula is C33H33ClF2N2O4. The average Bonchev–Trinajstić information content (AvgIpc) is 3.53. The molecule has 6 nitrogen and oxygen atoms in total. The molecule has 0 bridgehead atoms. The second-order valence-corrected chi connectivity index (χ2v) is 13.0. The summed E-state index contributed by atoms with van der Waals surface area (Å²) in [5, 5.41) is 13.8. The molecule has 3 aromatic carbocycles. The lowest BCUT2D eigenvalue weighted by Gasteiger charge is -2.38. The minimum absolute atomic E-state index is 0.0869. The van der Waals surface area contributed by atoms with Crippen LogP contribution in [-0.4, -0.2) is 35.3 Å². The highest BCUT2D eigenvalue weighted by Crippen LogP contribution is 2.60. The molecule has 0 aromatic heterocycles. The van der Waals surface area contributed by atoms with Gasteiger partial charge in [0.2, 0.25) is 5.91 Å². The number of hydrogen-bond acceptors (Lipinski definition) is 5. The van der Waals surface area contributed by atoms with Crippen LogP contribution in [0.3, 0.4) is 0 Å². The zero-order valence-corrected chi connectivity index (χ0v) is 24.2. The Labute approximate surface area is 248 Å². The summed E-state index contributed by atoms with van der Waals surface area (Å²) >= 11 is 6.67. The van der Waals surface area contributed by atoms with E-state index >= 15 is 8.78 Å². The van der Waals surface area contributed by atoms with E-state index in [1.54, 1.807) is 0 Å². The van der Waals surface area contributed by atoms with Crippen molar-refractivity contribution in [2.75, 3.05) is 6.54 Å². The van der Waals surface area contributed by atoms with Crippen LogP contribution in [0.2, 0.25) is 5.02 Å². The largest absolute Gasteiger partial charge is 0.489 e. The maximum absolute atomic E-state index is 16.5. The van der Waals surface area contributed by atoms with E-state index in [-0.39, 0.29) is 45.5 Å². The van der Waals surface area contributed by atoms with E-state index in [1.807, 2.05) is 44.2 Å². The minimum Gasteiger partial charge on any atom is -0.489 e. The molecule has 2 heterocycles. The van der Waals surface area contributed by atoms with Gasteiger partial charge in [0.1, 0.15) is 29.2 Å². The highest BCUT2D eigenvalue weighted by molar-refractivity contribution is 6.34. The maximum atomic E-state index is 16.5. The Balaban J connectivity index is 1.37. The third kappa shape index (κ3) is 4.21. The summed E-state index contributed by atoms with van der Waals surface area (Å²) in [6.07, 6.45) is 3.54. The molecule has 3 aromatic rings. The van der Waals surface area contributed by atoms with E-state index in [0.717, 1.165) is 18.4 Å². The van der Waals surface area contributed by atoms with Gasteiger partial charge in [0.05, 0.1) is 16.2 Å². The van der Waals surface area contributed by atoms with Crippen LogP contribution < -0.4 is 20.5 Å². The highest BCUT2D eigenvalue weighted by Gasteiger charge is 2.53. The normalized spacial score (nSPS) is 30.6. The fraction of sp³-hybridized carbons (Fsp3) is 0.424. The van der Waals surface area contributed by atoms with Gasteiger partial charge in [0.25, 0.3) is 0 Å². The predicted molar refractivity (Wildman–Crippen MR) is 155 cm³/mol. The fourth-order valence-electron chi connectivity index (χ4n) is 7.25. The molecule has 2 fully saturated rings. The number of ether oxygens (including phenoxy) is 2. The second kappa shape index (κ2) is 9.66. The summed E-state index contributed by atoms with van der Waals surface area (Å²) in [6.45, 7) is 4.20. The second-order valence-electron chi connectivity index (χ2n) is 12.6. The zero-order valence-electron chi connectivity index (χ0n) is 23.5. The van der Waals surface area contributed by atoms with E-state index < -0.39 is 34.7 Å². The standard InChI is InChI=1S/C33H33ClF2N2O4/c1-16-25-24(42-33(16,17-6-4-3-5-7-17)15-38-18-8-10-32(2,40)11-9-18)14-21(35)29(34)28(25)27-20(31(37)39)13-23-26(30(27)36)19-12-22(19)41-23/h3-7,13-14,16,18-19,22,38,40H,8-12,15H2,1-2H3,(H2,37,39)/t16-,18-,19?,22?,32-,33-/m0/s1. The van der Waals surface area contributed by atoms with Crippen LogP contribution in [-0.2, 0) is 5.60 Å². The molecule has 2 saturated carbocycles. The zero-order chi connectivity index (χ0) is 29.6. The average molecular weight is 595 g/mol. The van der Waals surface area contributed by atoms with E-state index in [2.05, 4.69) is 5.32 Å². The van der Waals surface area contributed by atoms with Crippen molar-refractivity contribution >= 4 is 17.5 Å². The summed E-state index contributed by atoms with van der Waals surface area (Å²) in [7, 11) is 0. The first-order valence-corrected chi connectivity index (χ1v) is 14.9. The lowest BCUT2D eigenvalue weighted by molar-refractivity contribution is 0.00890. The van der Waals surface area contributed by atoms with Crippen LogP contribution >= 0.6 is 11.6 Å². The SMILES string of the molecule is C[C@H]1c2c(cc(F)c(Cl)c2-c2c(C(N)=O)cc3c(c2F)C2CC2O3)O[C@]1(CN[C@H]1CC[C@](C)(O)CC1)c1ccccc1. The van der Waals surface area contributed by atoms with Gasteiger partial charge in [-0.15, -0.1) is 0 Å². The van der Waals surface area contributed by atoms with Crippen molar-refractivity contribution < 1.29 is 28.2 Å². The van der Waals surface area contributed by atoms with E-state index in [0.29, 0.717) is 42.7 Å². The van der Waals surface area contributed by atoms with Crippen LogP contribution in [0.1, 0.15) is 84.8 Å². The number of fused-ring (bicyclic) bond motifs is 4. The number of primary amides is 1. The van der Waals surface area contributed by atoms with Gasteiger partial charge in [0.15, 0.2) is 5.60 Å².